The quantitative estimate of drug-likeness (QED) is 0.873. The maximum absolute atomic E-state index is 13.1. The fraction of sp³-hybridized carbons (Fsp3) is 0.600. The van der Waals surface area contributed by atoms with Gasteiger partial charge in [0.15, 0.2) is 0 Å². The summed E-state index contributed by atoms with van der Waals surface area (Å²) in [4.78, 5) is 27.0. The van der Waals surface area contributed by atoms with E-state index in [0.717, 1.165) is 31.2 Å². The Morgan fingerprint density at radius 1 is 1.08 bits per heavy atom. The Morgan fingerprint density at radius 2 is 1.77 bits per heavy atom. The van der Waals surface area contributed by atoms with Crippen molar-refractivity contribution < 1.29 is 14.3 Å². The number of anilines is 1. The number of benzene rings is 1. The van der Waals surface area contributed by atoms with Crippen molar-refractivity contribution in [3.8, 4) is 5.75 Å². The van der Waals surface area contributed by atoms with Crippen LogP contribution in [-0.2, 0) is 0 Å². The van der Waals surface area contributed by atoms with Gasteiger partial charge in [0.2, 0.25) is 0 Å². The highest BCUT2D eigenvalue weighted by molar-refractivity contribution is 5.98. The average molecular weight is 357 g/mol. The number of fused-ring (bicyclic) bond motifs is 1. The molecule has 26 heavy (non-hydrogen) atoms. The molecule has 5 rings (SSSR count). The highest BCUT2D eigenvalue weighted by atomic mass is 16.5. The molecule has 0 spiro atoms. The molecule has 6 nitrogen and oxygen atoms in total. The lowest BCUT2D eigenvalue weighted by Crippen LogP contribution is -2.44. The topological polar surface area (TPSA) is 70.7 Å². The van der Waals surface area contributed by atoms with Gasteiger partial charge >= 0.3 is 6.03 Å². The second kappa shape index (κ2) is 6.82. The molecule has 4 bridgehead atoms. The standard InChI is InChI=1S/C20H27N3O3/c1-21-19(24)15-3-4-18(26-2)17(10-15)22-20(25)23-11-14-6-12-5-13(7-14)9-16(23)8-12/h3-4,10,12-14,16H,5-9,11H2,1-2H3,(H,21,24)(H,22,25). The van der Waals surface area contributed by atoms with Gasteiger partial charge in [0.25, 0.3) is 5.91 Å². The maximum atomic E-state index is 13.1. The Morgan fingerprint density at radius 3 is 2.42 bits per heavy atom. The Hall–Kier alpha value is -2.24. The summed E-state index contributed by atoms with van der Waals surface area (Å²) in [6.07, 6.45) is 6.16. The smallest absolute Gasteiger partial charge is 0.322 e. The Bertz CT molecular complexity index is 706. The highest BCUT2D eigenvalue weighted by Crippen LogP contribution is 2.47. The van der Waals surface area contributed by atoms with Gasteiger partial charge in [-0.1, -0.05) is 0 Å². The molecule has 2 unspecified atom stereocenters. The third kappa shape index (κ3) is 3.13. The van der Waals surface area contributed by atoms with Crippen molar-refractivity contribution in [2.75, 3.05) is 26.0 Å². The number of rotatable bonds is 3. The minimum atomic E-state index is -0.186. The number of hydrogen-bond acceptors (Lipinski definition) is 3. The summed E-state index contributed by atoms with van der Waals surface area (Å²) < 4.78 is 5.37. The van der Waals surface area contributed by atoms with Crippen LogP contribution < -0.4 is 15.4 Å². The molecule has 2 aliphatic carbocycles. The van der Waals surface area contributed by atoms with Gasteiger partial charge in [-0.05, 0) is 68.1 Å². The second-order valence-electron chi connectivity index (χ2n) is 8.01. The first-order chi connectivity index (χ1) is 12.6. The van der Waals surface area contributed by atoms with E-state index in [2.05, 4.69) is 10.6 Å². The first-order valence-corrected chi connectivity index (χ1v) is 9.55. The largest absolute Gasteiger partial charge is 0.495 e. The molecule has 4 aliphatic rings. The summed E-state index contributed by atoms with van der Waals surface area (Å²) in [5.74, 6) is 2.60. The lowest BCUT2D eigenvalue weighted by Gasteiger charge is -2.38. The molecule has 1 aromatic carbocycles. The maximum Gasteiger partial charge on any atom is 0.322 e. The monoisotopic (exact) mass is 357 g/mol. The van der Waals surface area contributed by atoms with Crippen molar-refractivity contribution in [3.63, 3.8) is 0 Å². The normalized spacial score (nSPS) is 29.2. The molecule has 0 radical (unpaired) electrons. The number of nitrogens with zero attached hydrogens (tertiary/aromatic N) is 1. The fourth-order valence-corrected chi connectivity index (χ4v) is 5.31. The van der Waals surface area contributed by atoms with Crippen LogP contribution in [0.1, 0.15) is 42.5 Å². The fourth-order valence-electron chi connectivity index (χ4n) is 5.31. The van der Waals surface area contributed by atoms with Crippen LogP contribution in [0.5, 0.6) is 5.75 Å². The van der Waals surface area contributed by atoms with Crippen molar-refractivity contribution in [2.24, 2.45) is 17.8 Å². The second-order valence-corrected chi connectivity index (χ2v) is 8.01. The first-order valence-electron chi connectivity index (χ1n) is 9.55. The number of carbonyl (C=O) groups is 2. The molecular weight excluding hydrogens is 330 g/mol. The van der Waals surface area contributed by atoms with E-state index in [9.17, 15) is 9.59 Å². The molecule has 140 valence electrons. The van der Waals surface area contributed by atoms with Crippen LogP contribution in [0.3, 0.4) is 0 Å². The van der Waals surface area contributed by atoms with Crippen LogP contribution in [0.2, 0.25) is 0 Å². The van der Waals surface area contributed by atoms with E-state index in [1.54, 1.807) is 32.4 Å². The third-order valence-corrected chi connectivity index (χ3v) is 6.30. The Kier molecular flexibility index (Phi) is 4.51. The number of methoxy groups -OCH3 is 1. The third-order valence-electron chi connectivity index (χ3n) is 6.30. The SMILES string of the molecule is CNC(=O)c1ccc(OC)c(NC(=O)N2CC3CC4CC(C3)CC2C4)c1. The minimum Gasteiger partial charge on any atom is -0.495 e. The minimum absolute atomic E-state index is 0.0736. The summed E-state index contributed by atoms with van der Waals surface area (Å²) in [6.45, 7) is 0.848. The number of urea groups is 1. The molecule has 0 aromatic heterocycles. The van der Waals surface area contributed by atoms with Crippen LogP contribution in [0.25, 0.3) is 0 Å². The molecule has 1 aromatic rings. The first kappa shape index (κ1) is 17.2. The van der Waals surface area contributed by atoms with E-state index < -0.39 is 0 Å². The average Bonchev–Trinajstić information content (AvgIpc) is 2.84. The van der Waals surface area contributed by atoms with Crippen molar-refractivity contribution in [3.05, 3.63) is 23.8 Å². The van der Waals surface area contributed by atoms with Gasteiger partial charge in [-0.3, -0.25) is 4.79 Å². The van der Waals surface area contributed by atoms with Crippen LogP contribution in [0.4, 0.5) is 10.5 Å². The predicted molar refractivity (Wildman–Crippen MR) is 99.5 cm³/mol. The lowest BCUT2D eigenvalue weighted by molar-refractivity contribution is 0.0963. The van der Waals surface area contributed by atoms with E-state index in [1.165, 1.54) is 19.3 Å². The molecular formula is C20H27N3O3. The number of hydrogen-bond donors (Lipinski definition) is 2. The van der Waals surface area contributed by atoms with E-state index >= 15 is 0 Å². The van der Waals surface area contributed by atoms with E-state index in [-0.39, 0.29) is 11.9 Å². The molecule has 2 aliphatic heterocycles. The van der Waals surface area contributed by atoms with Crippen molar-refractivity contribution in [2.45, 2.75) is 38.1 Å². The molecule has 2 saturated heterocycles. The van der Waals surface area contributed by atoms with Gasteiger partial charge in [-0.25, -0.2) is 4.79 Å². The summed E-state index contributed by atoms with van der Waals surface area (Å²) in [6, 6.07) is 5.36. The molecule has 4 fully saturated rings. The van der Waals surface area contributed by atoms with Gasteiger partial charge in [0.05, 0.1) is 12.8 Å². The summed E-state index contributed by atoms with van der Waals surface area (Å²) in [7, 11) is 3.16. The zero-order valence-electron chi connectivity index (χ0n) is 15.5. The predicted octanol–water partition coefficient (Wildman–Crippen LogP) is 3.10. The highest BCUT2D eigenvalue weighted by Gasteiger charge is 2.44. The van der Waals surface area contributed by atoms with E-state index in [4.69, 9.17) is 4.74 Å². The van der Waals surface area contributed by atoms with Gasteiger partial charge in [0, 0.05) is 25.2 Å². The molecule has 6 heteroatoms. The number of ether oxygens (including phenoxy) is 1. The van der Waals surface area contributed by atoms with Crippen molar-refractivity contribution in [1.29, 1.82) is 0 Å². The molecule has 2 N–H and O–H groups in total. The number of carbonyl (C=O) groups excluding carboxylic acids is 2. The van der Waals surface area contributed by atoms with Crippen LogP contribution in [-0.4, -0.2) is 43.6 Å². The summed E-state index contributed by atoms with van der Waals surface area (Å²) in [5.41, 5.74) is 1.04. The van der Waals surface area contributed by atoms with Crippen LogP contribution >= 0.6 is 0 Å². The zero-order chi connectivity index (χ0) is 18.3. The van der Waals surface area contributed by atoms with Gasteiger partial charge in [0.1, 0.15) is 5.75 Å². The zero-order valence-corrected chi connectivity index (χ0v) is 15.5. The number of nitrogens with one attached hydrogen (secondary N) is 2. The molecule has 3 amide bonds. The van der Waals surface area contributed by atoms with Gasteiger partial charge < -0.3 is 20.3 Å². The Balaban J connectivity index is 1.55. The van der Waals surface area contributed by atoms with E-state index in [0.29, 0.717) is 29.0 Å². The van der Waals surface area contributed by atoms with Gasteiger partial charge in [-0.2, -0.15) is 0 Å². The molecule has 2 atom stereocenters. The van der Waals surface area contributed by atoms with E-state index in [1.807, 2.05) is 4.90 Å². The van der Waals surface area contributed by atoms with Crippen molar-refractivity contribution >= 4 is 17.6 Å². The van der Waals surface area contributed by atoms with Gasteiger partial charge in [-0.15, -0.1) is 0 Å². The Labute approximate surface area is 154 Å². The lowest BCUT2D eigenvalue weighted by atomic mass is 9.68. The summed E-state index contributed by atoms with van der Waals surface area (Å²) >= 11 is 0. The molecule has 2 heterocycles. The molecule has 2 saturated carbocycles. The van der Waals surface area contributed by atoms with Crippen LogP contribution in [0.15, 0.2) is 18.2 Å². The van der Waals surface area contributed by atoms with Crippen LogP contribution in [0, 0.1) is 17.8 Å². The van der Waals surface area contributed by atoms with Crippen molar-refractivity contribution in [1.82, 2.24) is 10.2 Å². The summed E-state index contributed by atoms with van der Waals surface area (Å²) in [5, 5.41) is 5.61. The number of amides is 3.